The number of nitro groups is 1. The van der Waals surface area contributed by atoms with Gasteiger partial charge in [-0.3, -0.25) is 10.1 Å². The number of anilines is 1. The summed E-state index contributed by atoms with van der Waals surface area (Å²) in [5.74, 6) is -0.0733. The first-order valence-electron chi connectivity index (χ1n) is 4.99. The van der Waals surface area contributed by atoms with Crippen LogP contribution in [0.5, 0.6) is 0 Å². The van der Waals surface area contributed by atoms with Gasteiger partial charge in [0.25, 0.3) is 5.69 Å². The van der Waals surface area contributed by atoms with Crippen LogP contribution >= 0.6 is 22.6 Å². The number of halogens is 1. The summed E-state index contributed by atoms with van der Waals surface area (Å²) < 4.78 is 23.2. The predicted octanol–water partition coefficient (Wildman–Crippen LogP) is 1.92. The van der Waals surface area contributed by atoms with Crippen LogP contribution in [0.4, 0.5) is 11.4 Å². The fourth-order valence-electron chi connectivity index (χ4n) is 1.64. The average molecular weight is 380 g/mol. The third kappa shape index (κ3) is 2.99. The second-order valence-electron chi connectivity index (χ2n) is 3.83. The lowest BCUT2D eigenvalue weighted by atomic mass is 10.2. The molecule has 0 saturated carbocycles. The van der Waals surface area contributed by atoms with Crippen molar-refractivity contribution in [3.8, 4) is 0 Å². The third-order valence-corrected chi connectivity index (χ3v) is 4.49. The maximum absolute atomic E-state index is 11.2. The normalized spacial score (nSPS) is 20.8. The van der Waals surface area contributed by atoms with Crippen molar-refractivity contribution in [3.05, 3.63) is 43.4 Å². The van der Waals surface area contributed by atoms with Crippen LogP contribution in [0.3, 0.4) is 0 Å². The van der Waals surface area contributed by atoms with Crippen LogP contribution in [-0.2, 0) is 9.84 Å². The number of rotatable bonds is 3. The fraction of sp³-hybridized carbons (Fsp3) is 0.200. The number of nitrogens with one attached hydrogen (secondary N) is 1. The number of sulfone groups is 1. The van der Waals surface area contributed by atoms with E-state index in [0.717, 1.165) is 8.98 Å². The van der Waals surface area contributed by atoms with E-state index in [1.807, 2.05) is 22.6 Å². The third-order valence-electron chi connectivity index (χ3n) is 2.43. The van der Waals surface area contributed by atoms with E-state index in [1.54, 1.807) is 12.1 Å². The molecule has 1 atom stereocenters. The van der Waals surface area contributed by atoms with Gasteiger partial charge in [-0.1, -0.05) is 6.08 Å². The van der Waals surface area contributed by atoms with E-state index >= 15 is 0 Å². The molecule has 1 aromatic carbocycles. The maximum Gasteiger partial charge on any atom is 0.293 e. The van der Waals surface area contributed by atoms with Crippen molar-refractivity contribution in [2.24, 2.45) is 0 Å². The molecule has 0 bridgehead atoms. The summed E-state index contributed by atoms with van der Waals surface area (Å²) in [6.45, 7) is 0. The quantitative estimate of drug-likeness (QED) is 0.492. The highest BCUT2D eigenvalue weighted by Gasteiger charge is 2.24. The van der Waals surface area contributed by atoms with E-state index in [-0.39, 0.29) is 11.4 Å². The standard InChI is InChI=1S/C10H9IN2O4S/c11-7-1-2-9(10(5-7)13(14)15)12-8-3-4-18(16,17)6-8/h1-5,8,12H,6H2. The Labute approximate surface area is 117 Å². The van der Waals surface area contributed by atoms with Crippen LogP contribution in [0.25, 0.3) is 0 Å². The number of hydrogen-bond donors (Lipinski definition) is 1. The molecule has 1 unspecified atom stereocenters. The lowest BCUT2D eigenvalue weighted by Gasteiger charge is -2.11. The maximum atomic E-state index is 11.2. The minimum Gasteiger partial charge on any atom is -0.372 e. The summed E-state index contributed by atoms with van der Waals surface area (Å²) in [6, 6.07) is 4.33. The van der Waals surface area contributed by atoms with Gasteiger partial charge in [-0.2, -0.15) is 0 Å². The molecule has 0 spiro atoms. The van der Waals surface area contributed by atoms with E-state index in [1.165, 1.54) is 12.1 Å². The number of nitrogens with zero attached hydrogens (tertiary/aromatic N) is 1. The van der Waals surface area contributed by atoms with Crippen molar-refractivity contribution in [1.29, 1.82) is 0 Å². The zero-order valence-electron chi connectivity index (χ0n) is 9.04. The largest absolute Gasteiger partial charge is 0.372 e. The van der Waals surface area contributed by atoms with Gasteiger partial charge in [0.15, 0.2) is 9.84 Å². The lowest BCUT2D eigenvalue weighted by molar-refractivity contribution is -0.384. The zero-order chi connectivity index (χ0) is 13.3. The molecule has 0 saturated heterocycles. The monoisotopic (exact) mass is 380 g/mol. The van der Waals surface area contributed by atoms with Crippen LogP contribution in [0.2, 0.25) is 0 Å². The molecule has 0 radical (unpaired) electrons. The first-order chi connectivity index (χ1) is 8.37. The zero-order valence-corrected chi connectivity index (χ0v) is 12.0. The van der Waals surface area contributed by atoms with Crippen LogP contribution in [-0.4, -0.2) is 25.1 Å². The number of nitro benzene ring substituents is 1. The molecule has 1 heterocycles. The summed E-state index contributed by atoms with van der Waals surface area (Å²) in [4.78, 5) is 10.4. The second-order valence-corrected chi connectivity index (χ2v) is 7.00. The minimum absolute atomic E-state index is 0.0559. The Kier molecular flexibility index (Phi) is 3.57. The van der Waals surface area contributed by atoms with Crippen molar-refractivity contribution >= 4 is 43.8 Å². The van der Waals surface area contributed by atoms with Crippen LogP contribution < -0.4 is 5.32 Å². The highest BCUT2D eigenvalue weighted by atomic mass is 127. The van der Waals surface area contributed by atoms with E-state index in [0.29, 0.717) is 5.69 Å². The van der Waals surface area contributed by atoms with Crippen LogP contribution in [0, 0.1) is 13.7 Å². The minimum atomic E-state index is -3.17. The van der Waals surface area contributed by atoms with E-state index in [9.17, 15) is 18.5 Å². The van der Waals surface area contributed by atoms with Gasteiger partial charge in [0.1, 0.15) is 5.69 Å². The summed E-state index contributed by atoms with van der Waals surface area (Å²) in [6.07, 6.45) is 1.50. The topological polar surface area (TPSA) is 89.3 Å². The SMILES string of the molecule is O=[N+]([O-])c1cc(I)ccc1NC1C=CS(=O)(=O)C1. The lowest BCUT2D eigenvalue weighted by Crippen LogP contribution is -2.21. The molecule has 0 amide bonds. The number of benzene rings is 1. The summed E-state index contributed by atoms with van der Waals surface area (Å²) in [5.41, 5.74) is 0.270. The van der Waals surface area contributed by atoms with Gasteiger partial charge >= 0.3 is 0 Å². The molecule has 8 heteroatoms. The number of hydrogen-bond acceptors (Lipinski definition) is 5. The Hall–Kier alpha value is -1.16. The summed E-state index contributed by atoms with van der Waals surface area (Å²) >= 11 is 1.98. The molecule has 0 aromatic heterocycles. The van der Waals surface area contributed by atoms with Crippen molar-refractivity contribution < 1.29 is 13.3 Å². The molecule has 1 N–H and O–H groups in total. The smallest absolute Gasteiger partial charge is 0.293 e. The molecule has 1 aromatic rings. The van der Waals surface area contributed by atoms with Gasteiger partial charge in [0.2, 0.25) is 0 Å². The van der Waals surface area contributed by atoms with Gasteiger partial charge in [0.05, 0.1) is 16.7 Å². The average Bonchev–Trinajstić information content (AvgIpc) is 2.60. The van der Waals surface area contributed by atoms with Crippen LogP contribution in [0.1, 0.15) is 0 Å². The predicted molar refractivity (Wildman–Crippen MR) is 76.2 cm³/mol. The summed E-state index contributed by atoms with van der Waals surface area (Å²) in [7, 11) is -3.17. The Morgan fingerprint density at radius 3 is 2.72 bits per heavy atom. The van der Waals surface area contributed by atoms with Crippen LogP contribution in [0.15, 0.2) is 29.7 Å². The molecule has 0 aliphatic carbocycles. The van der Waals surface area contributed by atoms with Gasteiger partial charge in [-0.15, -0.1) is 0 Å². The molecule has 1 aliphatic heterocycles. The Morgan fingerprint density at radius 1 is 1.44 bits per heavy atom. The highest BCUT2D eigenvalue weighted by molar-refractivity contribution is 14.1. The van der Waals surface area contributed by atoms with Crippen molar-refractivity contribution in [1.82, 2.24) is 0 Å². The second kappa shape index (κ2) is 4.84. The summed E-state index contributed by atoms with van der Waals surface area (Å²) in [5, 5.41) is 14.9. The molecular formula is C10H9IN2O4S. The first-order valence-corrected chi connectivity index (χ1v) is 7.78. The van der Waals surface area contributed by atoms with Crippen molar-refractivity contribution in [3.63, 3.8) is 0 Å². The van der Waals surface area contributed by atoms with Gasteiger partial charge in [0, 0.05) is 15.0 Å². The van der Waals surface area contributed by atoms with Crippen molar-refractivity contribution in [2.75, 3.05) is 11.1 Å². The highest BCUT2D eigenvalue weighted by Crippen LogP contribution is 2.28. The van der Waals surface area contributed by atoms with Crippen molar-refractivity contribution in [2.45, 2.75) is 6.04 Å². The first kappa shape index (κ1) is 13.3. The molecular weight excluding hydrogens is 371 g/mol. The van der Waals surface area contributed by atoms with Gasteiger partial charge in [-0.05, 0) is 34.7 Å². The van der Waals surface area contributed by atoms with Gasteiger partial charge in [-0.25, -0.2) is 8.42 Å². The molecule has 0 fully saturated rings. The Bertz CT molecular complexity index is 627. The molecule has 96 valence electrons. The fourth-order valence-corrected chi connectivity index (χ4v) is 3.35. The molecule has 18 heavy (non-hydrogen) atoms. The van der Waals surface area contributed by atoms with E-state index < -0.39 is 20.8 Å². The van der Waals surface area contributed by atoms with Gasteiger partial charge < -0.3 is 5.32 Å². The molecule has 6 nitrogen and oxygen atoms in total. The molecule has 1 aliphatic rings. The Morgan fingerprint density at radius 2 is 2.17 bits per heavy atom. The van der Waals surface area contributed by atoms with E-state index in [4.69, 9.17) is 0 Å². The molecule has 2 rings (SSSR count). The van der Waals surface area contributed by atoms with E-state index in [2.05, 4.69) is 5.32 Å². The Balaban J connectivity index is 2.25.